The van der Waals surface area contributed by atoms with Crippen molar-refractivity contribution in [2.24, 2.45) is 0 Å². The predicted octanol–water partition coefficient (Wildman–Crippen LogP) is 3.29. The molecule has 4 nitrogen and oxygen atoms in total. The quantitative estimate of drug-likeness (QED) is 0.676. The summed E-state index contributed by atoms with van der Waals surface area (Å²) >= 11 is 6.39. The van der Waals surface area contributed by atoms with Crippen LogP contribution in [0.2, 0.25) is 0 Å². The van der Waals surface area contributed by atoms with Crippen molar-refractivity contribution in [1.29, 1.82) is 0 Å². The number of amides is 1. The smallest absolute Gasteiger partial charge is 0.305 e. The third-order valence-electron chi connectivity index (χ3n) is 3.67. The molecule has 1 fully saturated rings. The van der Waals surface area contributed by atoms with Gasteiger partial charge in [0.15, 0.2) is 0 Å². The molecule has 1 aliphatic heterocycles. The molecule has 22 heavy (non-hydrogen) atoms. The van der Waals surface area contributed by atoms with Crippen LogP contribution in [0.4, 0.5) is 0 Å². The van der Waals surface area contributed by atoms with Gasteiger partial charge in [0.1, 0.15) is 4.32 Å². The van der Waals surface area contributed by atoms with Gasteiger partial charge in [0.05, 0.1) is 11.3 Å². The molecule has 1 N–H and O–H groups in total. The van der Waals surface area contributed by atoms with E-state index in [4.69, 9.17) is 17.3 Å². The van der Waals surface area contributed by atoms with E-state index in [1.807, 2.05) is 32.1 Å². The summed E-state index contributed by atoms with van der Waals surface area (Å²) in [6, 6.07) is 4.07. The molecule has 1 aromatic rings. The van der Waals surface area contributed by atoms with Gasteiger partial charge in [0.2, 0.25) is 0 Å². The van der Waals surface area contributed by atoms with Gasteiger partial charge in [-0.25, -0.2) is 0 Å². The van der Waals surface area contributed by atoms with Crippen LogP contribution in [0, 0.1) is 20.8 Å². The van der Waals surface area contributed by atoms with E-state index in [2.05, 4.69) is 6.92 Å². The van der Waals surface area contributed by atoms with Crippen molar-refractivity contribution in [2.45, 2.75) is 27.2 Å². The second-order valence-electron chi connectivity index (χ2n) is 5.26. The predicted molar refractivity (Wildman–Crippen MR) is 92.8 cm³/mol. The second kappa shape index (κ2) is 6.62. The highest BCUT2D eigenvalue weighted by molar-refractivity contribution is 8.26. The number of nitrogens with zero attached hydrogens (tertiary/aromatic N) is 1. The minimum Gasteiger partial charge on any atom is -0.481 e. The molecule has 1 heterocycles. The lowest BCUT2D eigenvalue weighted by atomic mass is 10.0. The highest BCUT2D eigenvalue weighted by Gasteiger charge is 2.32. The van der Waals surface area contributed by atoms with E-state index < -0.39 is 5.97 Å². The Labute approximate surface area is 139 Å². The van der Waals surface area contributed by atoms with E-state index in [0.717, 1.165) is 5.56 Å². The van der Waals surface area contributed by atoms with Crippen LogP contribution in [0.15, 0.2) is 17.0 Å². The molecule has 0 spiro atoms. The standard InChI is InChI=1S/C16H17NO3S2/c1-9-6-12(7-10(2)11(9)3)8-13-15(20)17(16(21)22-13)5-4-14(18)19/h6-8H,4-5H2,1-3H3,(H,18,19)/b13-8-. The third kappa shape index (κ3) is 3.56. The highest BCUT2D eigenvalue weighted by atomic mass is 32.2. The van der Waals surface area contributed by atoms with Crippen LogP contribution in [0.25, 0.3) is 6.08 Å². The average Bonchev–Trinajstić information content (AvgIpc) is 2.68. The van der Waals surface area contributed by atoms with Crippen molar-refractivity contribution in [2.75, 3.05) is 6.54 Å². The number of carbonyl (C=O) groups excluding carboxylic acids is 1. The first-order valence-corrected chi connectivity index (χ1v) is 8.07. The first-order valence-electron chi connectivity index (χ1n) is 6.84. The lowest BCUT2D eigenvalue weighted by molar-refractivity contribution is -0.137. The molecule has 116 valence electrons. The first-order chi connectivity index (χ1) is 10.3. The van der Waals surface area contributed by atoms with Gasteiger partial charge >= 0.3 is 5.97 Å². The molecule has 1 aliphatic rings. The van der Waals surface area contributed by atoms with E-state index in [1.165, 1.54) is 33.4 Å². The highest BCUT2D eigenvalue weighted by Crippen LogP contribution is 2.33. The van der Waals surface area contributed by atoms with Gasteiger partial charge in [-0.05, 0) is 49.1 Å². The Morgan fingerprint density at radius 1 is 1.32 bits per heavy atom. The fraction of sp³-hybridized carbons (Fsp3) is 0.312. The molecule has 6 heteroatoms. The summed E-state index contributed by atoms with van der Waals surface area (Å²) in [5, 5.41) is 8.73. The molecular formula is C16H17NO3S2. The molecule has 1 aromatic carbocycles. The van der Waals surface area contributed by atoms with Crippen LogP contribution < -0.4 is 0 Å². The molecule has 0 saturated carbocycles. The van der Waals surface area contributed by atoms with E-state index in [9.17, 15) is 9.59 Å². The summed E-state index contributed by atoms with van der Waals surface area (Å²) in [6.45, 7) is 6.26. The van der Waals surface area contributed by atoms with Gasteiger partial charge in [-0.1, -0.05) is 36.1 Å². The fourth-order valence-corrected chi connectivity index (χ4v) is 3.51. The summed E-state index contributed by atoms with van der Waals surface area (Å²) in [5.41, 5.74) is 4.55. The zero-order chi connectivity index (χ0) is 16.4. The van der Waals surface area contributed by atoms with Gasteiger partial charge < -0.3 is 5.11 Å². The zero-order valence-electron chi connectivity index (χ0n) is 12.7. The maximum absolute atomic E-state index is 12.3. The fourth-order valence-electron chi connectivity index (χ4n) is 2.20. The summed E-state index contributed by atoms with van der Waals surface area (Å²) < 4.78 is 0.415. The van der Waals surface area contributed by atoms with Crippen molar-refractivity contribution in [1.82, 2.24) is 4.90 Å². The molecule has 1 amide bonds. The molecule has 0 bridgehead atoms. The van der Waals surface area contributed by atoms with E-state index in [-0.39, 0.29) is 18.9 Å². The van der Waals surface area contributed by atoms with Gasteiger partial charge in [0, 0.05) is 6.54 Å². The number of carboxylic acid groups (broad SMARTS) is 1. The summed E-state index contributed by atoms with van der Waals surface area (Å²) in [5.74, 6) is -1.16. The van der Waals surface area contributed by atoms with Crippen LogP contribution in [0.1, 0.15) is 28.7 Å². The normalized spacial score (nSPS) is 16.7. The maximum Gasteiger partial charge on any atom is 0.305 e. The summed E-state index contributed by atoms with van der Waals surface area (Å²) in [6.07, 6.45) is 1.71. The number of carbonyl (C=O) groups is 2. The number of benzene rings is 1. The second-order valence-corrected chi connectivity index (χ2v) is 6.93. The number of carboxylic acids is 1. The van der Waals surface area contributed by atoms with Gasteiger partial charge in [-0.15, -0.1) is 0 Å². The SMILES string of the molecule is Cc1cc(/C=C2\SC(=S)N(CCC(=O)O)C2=O)cc(C)c1C. The Hall–Kier alpha value is -1.66. The lowest BCUT2D eigenvalue weighted by Crippen LogP contribution is -2.30. The number of hydrogen-bond donors (Lipinski definition) is 1. The molecule has 1 saturated heterocycles. The minimum absolute atomic E-state index is 0.109. The van der Waals surface area contributed by atoms with Crippen molar-refractivity contribution in [3.63, 3.8) is 0 Å². The molecule has 2 rings (SSSR count). The third-order valence-corrected chi connectivity index (χ3v) is 5.05. The number of rotatable bonds is 4. The summed E-state index contributed by atoms with van der Waals surface area (Å²) in [7, 11) is 0. The Balaban J connectivity index is 2.25. The first kappa shape index (κ1) is 16.7. The Kier molecular flexibility index (Phi) is 5.03. The van der Waals surface area contributed by atoms with Crippen LogP contribution >= 0.6 is 24.0 Å². The monoisotopic (exact) mass is 335 g/mol. The zero-order valence-corrected chi connectivity index (χ0v) is 14.3. The average molecular weight is 335 g/mol. The minimum atomic E-state index is -0.942. The molecule has 0 atom stereocenters. The Morgan fingerprint density at radius 3 is 2.45 bits per heavy atom. The van der Waals surface area contributed by atoms with Crippen molar-refractivity contribution < 1.29 is 14.7 Å². The van der Waals surface area contributed by atoms with Crippen LogP contribution in [-0.2, 0) is 9.59 Å². The topological polar surface area (TPSA) is 57.6 Å². The Morgan fingerprint density at radius 2 is 1.91 bits per heavy atom. The lowest BCUT2D eigenvalue weighted by Gasteiger charge is -2.12. The van der Waals surface area contributed by atoms with Gasteiger partial charge in [-0.2, -0.15) is 0 Å². The summed E-state index contributed by atoms with van der Waals surface area (Å²) in [4.78, 5) is 24.9. The molecular weight excluding hydrogens is 318 g/mol. The molecule has 0 aromatic heterocycles. The molecule has 0 radical (unpaired) electrons. The largest absolute Gasteiger partial charge is 0.481 e. The van der Waals surface area contributed by atoms with E-state index in [0.29, 0.717) is 9.23 Å². The van der Waals surface area contributed by atoms with E-state index >= 15 is 0 Å². The number of aliphatic carboxylic acids is 1. The number of thiocarbonyl (C=S) groups is 1. The number of hydrogen-bond acceptors (Lipinski definition) is 4. The van der Waals surface area contributed by atoms with Gasteiger partial charge in [-0.3, -0.25) is 14.5 Å². The van der Waals surface area contributed by atoms with Crippen LogP contribution in [0.5, 0.6) is 0 Å². The van der Waals surface area contributed by atoms with Crippen LogP contribution in [-0.4, -0.2) is 32.7 Å². The van der Waals surface area contributed by atoms with Crippen molar-refractivity contribution in [3.05, 3.63) is 39.3 Å². The van der Waals surface area contributed by atoms with Gasteiger partial charge in [0.25, 0.3) is 5.91 Å². The van der Waals surface area contributed by atoms with Crippen molar-refractivity contribution >= 4 is 46.3 Å². The van der Waals surface area contributed by atoms with Crippen molar-refractivity contribution in [3.8, 4) is 0 Å². The molecule has 0 unspecified atom stereocenters. The number of aryl methyl sites for hydroxylation is 2. The molecule has 0 aliphatic carbocycles. The maximum atomic E-state index is 12.3. The number of thioether (sulfide) groups is 1. The van der Waals surface area contributed by atoms with Crippen LogP contribution in [0.3, 0.4) is 0 Å². The van der Waals surface area contributed by atoms with E-state index in [1.54, 1.807) is 0 Å². The Bertz CT molecular complexity index is 672.